The first-order valence-corrected chi connectivity index (χ1v) is 9.97. The molecular weight excluding hydrogens is 340 g/mol. The van der Waals surface area contributed by atoms with E-state index < -0.39 is 0 Å². The quantitative estimate of drug-likeness (QED) is 0.599. The Kier molecular flexibility index (Phi) is 6.18. The minimum atomic E-state index is 0.112. The number of hydrogen-bond acceptors (Lipinski definition) is 3. The molecule has 0 fully saturated rings. The second-order valence-electron chi connectivity index (χ2n) is 6.33. The zero-order valence-corrected chi connectivity index (χ0v) is 16.1. The fourth-order valence-electron chi connectivity index (χ4n) is 2.91. The van der Waals surface area contributed by atoms with Gasteiger partial charge in [0.05, 0.1) is 5.69 Å². The monoisotopic (exact) mass is 364 g/mol. The van der Waals surface area contributed by atoms with Gasteiger partial charge in [-0.25, -0.2) is 4.98 Å². The lowest BCUT2D eigenvalue weighted by Crippen LogP contribution is -2.29. The predicted octanol–water partition coefficient (Wildman–Crippen LogP) is 5.53. The van der Waals surface area contributed by atoms with Crippen molar-refractivity contribution in [1.82, 2.24) is 10.3 Å². The van der Waals surface area contributed by atoms with Crippen molar-refractivity contribution in [3.8, 4) is 21.8 Å². The highest BCUT2D eigenvalue weighted by Gasteiger charge is 2.13. The molecule has 0 saturated heterocycles. The van der Waals surface area contributed by atoms with Gasteiger partial charge in [0.2, 0.25) is 5.91 Å². The summed E-state index contributed by atoms with van der Waals surface area (Å²) in [4.78, 5) is 16.8. The van der Waals surface area contributed by atoms with E-state index in [1.807, 2.05) is 18.2 Å². The van der Waals surface area contributed by atoms with Crippen LogP contribution < -0.4 is 5.32 Å². The van der Waals surface area contributed by atoms with Crippen LogP contribution in [0.15, 0.2) is 60.0 Å². The van der Waals surface area contributed by atoms with Gasteiger partial charge in [-0.15, -0.1) is 11.3 Å². The van der Waals surface area contributed by atoms with E-state index >= 15 is 0 Å². The van der Waals surface area contributed by atoms with Gasteiger partial charge in [-0.3, -0.25) is 4.79 Å². The summed E-state index contributed by atoms with van der Waals surface area (Å²) in [6.45, 7) is 4.68. The SMILES string of the molecule is CCC(CC)C(=O)NCc1ccc(-c2nc(-c3ccccc3)cs2)cc1. The van der Waals surface area contributed by atoms with Gasteiger partial charge in [-0.1, -0.05) is 68.4 Å². The standard InChI is InChI=1S/C22H24N2OS/c1-3-17(4-2)21(25)23-14-16-10-12-19(13-11-16)22-24-20(15-26-22)18-8-6-5-7-9-18/h5-13,15,17H,3-4,14H2,1-2H3,(H,23,25). The molecule has 0 unspecified atom stereocenters. The van der Waals surface area contributed by atoms with E-state index in [0.717, 1.165) is 40.2 Å². The second-order valence-corrected chi connectivity index (χ2v) is 7.19. The zero-order valence-electron chi connectivity index (χ0n) is 15.2. The first-order valence-electron chi connectivity index (χ1n) is 9.09. The van der Waals surface area contributed by atoms with Crippen LogP contribution in [0.4, 0.5) is 0 Å². The van der Waals surface area contributed by atoms with E-state index in [-0.39, 0.29) is 11.8 Å². The maximum Gasteiger partial charge on any atom is 0.223 e. The van der Waals surface area contributed by atoms with Crippen molar-refractivity contribution in [3.63, 3.8) is 0 Å². The van der Waals surface area contributed by atoms with Crippen molar-refractivity contribution < 1.29 is 4.79 Å². The van der Waals surface area contributed by atoms with Crippen LogP contribution in [0.5, 0.6) is 0 Å². The Morgan fingerprint density at radius 3 is 2.35 bits per heavy atom. The van der Waals surface area contributed by atoms with E-state index in [9.17, 15) is 4.79 Å². The molecule has 1 aromatic heterocycles. The molecule has 0 aliphatic carbocycles. The lowest BCUT2D eigenvalue weighted by molar-refractivity contribution is -0.125. The molecule has 1 heterocycles. The third-order valence-electron chi connectivity index (χ3n) is 4.60. The maximum absolute atomic E-state index is 12.1. The fraction of sp³-hybridized carbons (Fsp3) is 0.273. The Morgan fingerprint density at radius 1 is 1.00 bits per heavy atom. The first-order chi connectivity index (χ1) is 12.7. The summed E-state index contributed by atoms with van der Waals surface area (Å²) in [6.07, 6.45) is 1.77. The van der Waals surface area contributed by atoms with Crippen LogP contribution in [0, 0.1) is 5.92 Å². The van der Waals surface area contributed by atoms with Crippen LogP contribution in [0.3, 0.4) is 0 Å². The molecule has 0 spiro atoms. The van der Waals surface area contributed by atoms with E-state index in [1.165, 1.54) is 0 Å². The molecule has 0 bridgehead atoms. The molecule has 3 rings (SSSR count). The van der Waals surface area contributed by atoms with Gasteiger partial charge in [-0.2, -0.15) is 0 Å². The van der Waals surface area contributed by atoms with Gasteiger partial charge < -0.3 is 5.32 Å². The molecule has 0 aliphatic rings. The Hall–Kier alpha value is -2.46. The maximum atomic E-state index is 12.1. The summed E-state index contributed by atoms with van der Waals surface area (Å²) in [6, 6.07) is 18.5. The van der Waals surface area contributed by atoms with Crippen LogP contribution >= 0.6 is 11.3 Å². The van der Waals surface area contributed by atoms with Crippen molar-refractivity contribution >= 4 is 17.2 Å². The smallest absolute Gasteiger partial charge is 0.223 e. The molecule has 3 aromatic rings. The number of nitrogens with zero attached hydrogens (tertiary/aromatic N) is 1. The molecular formula is C22H24N2OS. The average molecular weight is 365 g/mol. The van der Waals surface area contributed by atoms with Crippen molar-refractivity contribution in [3.05, 3.63) is 65.5 Å². The number of nitrogens with one attached hydrogen (secondary N) is 1. The van der Waals surface area contributed by atoms with Crippen LogP contribution in [-0.2, 0) is 11.3 Å². The highest BCUT2D eigenvalue weighted by atomic mass is 32.1. The number of amides is 1. The minimum absolute atomic E-state index is 0.112. The second kappa shape index (κ2) is 8.77. The van der Waals surface area contributed by atoms with Crippen LogP contribution in [0.1, 0.15) is 32.3 Å². The van der Waals surface area contributed by atoms with Crippen molar-refractivity contribution in [2.24, 2.45) is 5.92 Å². The number of benzene rings is 2. The zero-order chi connectivity index (χ0) is 18.4. The van der Waals surface area contributed by atoms with Gasteiger partial charge in [0, 0.05) is 29.0 Å². The van der Waals surface area contributed by atoms with E-state index in [2.05, 4.69) is 60.9 Å². The Balaban J connectivity index is 1.65. The minimum Gasteiger partial charge on any atom is -0.352 e. The molecule has 26 heavy (non-hydrogen) atoms. The third kappa shape index (κ3) is 4.38. The largest absolute Gasteiger partial charge is 0.352 e. The summed E-state index contributed by atoms with van der Waals surface area (Å²) in [5, 5.41) is 6.14. The number of carbonyl (C=O) groups excluding carboxylic acids is 1. The molecule has 0 atom stereocenters. The number of hydrogen-bond donors (Lipinski definition) is 1. The van der Waals surface area contributed by atoms with Crippen molar-refractivity contribution in [2.75, 3.05) is 0 Å². The van der Waals surface area contributed by atoms with E-state index in [1.54, 1.807) is 11.3 Å². The molecule has 0 saturated carbocycles. The highest BCUT2D eigenvalue weighted by Crippen LogP contribution is 2.28. The highest BCUT2D eigenvalue weighted by molar-refractivity contribution is 7.13. The number of carbonyl (C=O) groups is 1. The lowest BCUT2D eigenvalue weighted by Gasteiger charge is -2.12. The molecule has 0 aliphatic heterocycles. The third-order valence-corrected chi connectivity index (χ3v) is 5.49. The van der Waals surface area contributed by atoms with Crippen LogP contribution in [-0.4, -0.2) is 10.9 Å². The summed E-state index contributed by atoms with van der Waals surface area (Å²) in [7, 11) is 0. The van der Waals surface area contributed by atoms with Gasteiger partial charge in [-0.05, 0) is 18.4 Å². The lowest BCUT2D eigenvalue weighted by atomic mass is 10.0. The van der Waals surface area contributed by atoms with Gasteiger partial charge in [0.15, 0.2) is 0 Å². The van der Waals surface area contributed by atoms with Crippen molar-refractivity contribution in [1.29, 1.82) is 0 Å². The number of aromatic nitrogens is 1. The Bertz CT molecular complexity index is 836. The number of rotatable bonds is 7. The van der Waals surface area contributed by atoms with Crippen LogP contribution in [0.25, 0.3) is 21.8 Å². The summed E-state index contributed by atoms with van der Waals surface area (Å²) in [5.74, 6) is 0.257. The Morgan fingerprint density at radius 2 is 1.69 bits per heavy atom. The fourth-order valence-corrected chi connectivity index (χ4v) is 3.74. The summed E-state index contributed by atoms with van der Waals surface area (Å²) >= 11 is 1.65. The molecule has 4 heteroatoms. The molecule has 1 amide bonds. The molecule has 2 aromatic carbocycles. The molecule has 1 N–H and O–H groups in total. The van der Waals surface area contributed by atoms with Crippen LogP contribution in [0.2, 0.25) is 0 Å². The van der Waals surface area contributed by atoms with Crippen molar-refractivity contribution in [2.45, 2.75) is 33.2 Å². The van der Waals surface area contributed by atoms with Gasteiger partial charge in [0.25, 0.3) is 0 Å². The molecule has 0 radical (unpaired) electrons. The first kappa shape index (κ1) is 18.3. The summed E-state index contributed by atoms with van der Waals surface area (Å²) < 4.78 is 0. The summed E-state index contributed by atoms with van der Waals surface area (Å²) in [5.41, 5.74) is 4.35. The molecule has 3 nitrogen and oxygen atoms in total. The number of thiazole rings is 1. The average Bonchev–Trinajstić information content (AvgIpc) is 3.19. The van der Waals surface area contributed by atoms with Gasteiger partial charge in [0.1, 0.15) is 5.01 Å². The van der Waals surface area contributed by atoms with E-state index in [4.69, 9.17) is 4.98 Å². The Labute approximate surface area is 159 Å². The normalized spacial score (nSPS) is 10.9. The van der Waals surface area contributed by atoms with E-state index in [0.29, 0.717) is 6.54 Å². The topological polar surface area (TPSA) is 42.0 Å². The molecule has 134 valence electrons. The predicted molar refractivity (Wildman–Crippen MR) is 109 cm³/mol. The van der Waals surface area contributed by atoms with Gasteiger partial charge >= 0.3 is 0 Å².